The van der Waals surface area contributed by atoms with E-state index in [1.54, 1.807) is 11.0 Å². The molecule has 2 aliphatic rings. The normalized spacial score (nSPS) is 21.4. The van der Waals surface area contributed by atoms with Gasteiger partial charge in [-0.25, -0.2) is 9.18 Å². The number of anilines is 1. The minimum atomic E-state index is -0.359. The molecule has 3 atom stereocenters. The molecule has 3 aromatic rings. The van der Waals surface area contributed by atoms with Crippen LogP contribution < -0.4 is 5.32 Å². The van der Waals surface area contributed by atoms with Gasteiger partial charge in [0, 0.05) is 18.2 Å². The lowest BCUT2D eigenvalue weighted by molar-refractivity contribution is 0.0845. The van der Waals surface area contributed by atoms with E-state index in [9.17, 15) is 14.3 Å². The van der Waals surface area contributed by atoms with E-state index in [0.29, 0.717) is 6.54 Å². The highest BCUT2D eigenvalue weighted by atomic mass is 19.1. The van der Waals surface area contributed by atoms with Crippen LogP contribution >= 0.6 is 0 Å². The molecule has 3 aromatic carbocycles. The topological polar surface area (TPSA) is 61.8 Å². The van der Waals surface area contributed by atoms with Crippen molar-refractivity contribution >= 4 is 11.8 Å². The number of rotatable bonds is 4. The minimum absolute atomic E-state index is 0.0147. The molecule has 32 heavy (non-hydrogen) atoms. The number of nitrogens with one attached hydrogen (secondary N) is 1. The van der Waals surface area contributed by atoms with E-state index in [2.05, 4.69) is 5.32 Å². The van der Waals surface area contributed by atoms with Crippen LogP contribution in [0.4, 0.5) is 14.9 Å². The lowest BCUT2D eigenvalue weighted by atomic mass is 9.82. The van der Waals surface area contributed by atoms with E-state index >= 15 is 0 Å². The van der Waals surface area contributed by atoms with Crippen LogP contribution in [0.2, 0.25) is 0 Å². The van der Waals surface area contributed by atoms with Crippen LogP contribution in [0.1, 0.15) is 23.6 Å². The van der Waals surface area contributed by atoms with Crippen LogP contribution in [0.5, 0.6) is 0 Å². The van der Waals surface area contributed by atoms with Crippen molar-refractivity contribution in [2.24, 2.45) is 5.92 Å². The number of halogens is 1. The van der Waals surface area contributed by atoms with Crippen LogP contribution in [0, 0.1) is 11.7 Å². The Hall–Kier alpha value is -3.38. The molecule has 2 heterocycles. The average Bonchev–Trinajstić information content (AvgIpc) is 3.28. The van der Waals surface area contributed by atoms with E-state index in [1.807, 2.05) is 54.6 Å². The summed E-state index contributed by atoms with van der Waals surface area (Å²) in [6.07, 6.45) is 0.412. The van der Waals surface area contributed by atoms with Gasteiger partial charge >= 0.3 is 6.09 Å². The molecular weight excluding hydrogens is 407 g/mol. The molecule has 164 valence electrons. The first-order valence-corrected chi connectivity index (χ1v) is 10.9. The third-order valence-electron chi connectivity index (χ3n) is 6.47. The van der Waals surface area contributed by atoms with E-state index in [0.717, 1.165) is 34.4 Å². The Bertz CT molecular complexity index is 1120. The Labute approximate surface area is 186 Å². The van der Waals surface area contributed by atoms with Crippen molar-refractivity contribution in [2.45, 2.75) is 25.1 Å². The second kappa shape index (κ2) is 8.63. The van der Waals surface area contributed by atoms with Gasteiger partial charge in [-0.05, 0) is 52.9 Å². The van der Waals surface area contributed by atoms with Gasteiger partial charge < -0.3 is 20.1 Å². The Morgan fingerprint density at radius 3 is 2.66 bits per heavy atom. The number of aliphatic hydroxyl groups is 1. The molecular formula is C26H25FN2O3. The number of ether oxygens (including phenoxy) is 1. The fraction of sp³-hybridized carbons (Fsp3) is 0.269. The molecule has 0 radical (unpaired) electrons. The SMILES string of the molecule is O=C(OCc1ccccc1)N1CC[C@@H]2[C@H](CO)Nc3ccc(-c4cccc(F)c4)cc3[C@@H]21. The predicted octanol–water partition coefficient (Wildman–Crippen LogP) is 4.98. The summed E-state index contributed by atoms with van der Waals surface area (Å²) in [7, 11) is 0. The fourth-order valence-corrected chi connectivity index (χ4v) is 4.92. The van der Waals surface area contributed by atoms with Gasteiger partial charge in [0.2, 0.25) is 0 Å². The summed E-state index contributed by atoms with van der Waals surface area (Å²) >= 11 is 0. The van der Waals surface area contributed by atoms with Crippen LogP contribution in [0.25, 0.3) is 11.1 Å². The quantitative estimate of drug-likeness (QED) is 0.611. The Morgan fingerprint density at radius 1 is 1.06 bits per heavy atom. The summed E-state index contributed by atoms with van der Waals surface area (Å²) < 4.78 is 19.4. The average molecular weight is 432 g/mol. The molecule has 0 saturated carbocycles. The maximum absolute atomic E-state index is 13.8. The molecule has 1 amide bonds. The molecule has 1 saturated heterocycles. The molecule has 0 bridgehead atoms. The minimum Gasteiger partial charge on any atom is -0.445 e. The van der Waals surface area contributed by atoms with Crippen molar-refractivity contribution < 1.29 is 19.0 Å². The summed E-state index contributed by atoms with van der Waals surface area (Å²) in [4.78, 5) is 14.8. The number of amides is 1. The van der Waals surface area contributed by atoms with Crippen molar-refractivity contribution in [1.29, 1.82) is 0 Å². The molecule has 1 fully saturated rings. The lowest BCUT2D eigenvalue weighted by Gasteiger charge is -2.39. The molecule has 0 spiro atoms. The van der Waals surface area contributed by atoms with Crippen LogP contribution in [-0.4, -0.2) is 35.3 Å². The molecule has 0 aliphatic carbocycles. The summed E-state index contributed by atoms with van der Waals surface area (Å²) in [6, 6.07) is 21.6. The molecule has 2 N–H and O–H groups in total. The summed E-state index contributed by atoms with van der Waals surface area (Å²) in [5.74, 6) is -0.219. The molecule has 2 aliphatic heterocycles. The van der Waals surface area contributed by atoms with Crippen molar-refractivity contribution in [2.75, 3.05) is 18.5 Å². The van der Waals surface area contributed by atoms with Gasteiger partial charge in [0.25, 0.3) is 0 Å². The van der Waals surface area contributed by atoms with Gasteiger partial charge in [-0.2, -0.15) is 0 Å². The number of likely N-dealkylation sites (tertiary alicyclic amines) is 1. The highest BCUT2D eigenvalue weighted by Gasteiger charge is 2.46. The number of hydrogen-bond acceptors (Lipinski definition) is 4. The molecule has 5 rings (SSSR count). The number of hydrogen-bond donors (Lipinski definition) is 2. The summed E-state index contributed by atoms with van der Waals surface area (Å²) in [5, 5.41) is 13.4. The second-order valence-electron chi connectivity index (χ2n) is 8.38. The van der Waals surface area contributed by atoms with Crippen LogP contribution in [0.15, 0.2) is 72.8 Å². The Morgan fingerprint density at radius 2 is 1.88 bits per heavy atom. The number of aliphatic hydroxyl groups excluding tert-OH is 1. The van der Waals surface area contributed by atoms with Crippen LogP contribution in [0.3, 0.4) is 0 Å². The fourth-order valence-electron chi connectivity index (χ4n) is 4.92. The highest BCUT2D eigenvalue weighted by molar-refractivity contribution is 5.74. The number of carbonyl (C=O) groups excluding carboxylic acids is 1. The van der Waals surface area contributed by atoms with Crippen molar-refractivity contribution in [3.63, 3.8) is 0 Å². The third-order valence-corrected chi connectivity index (χ3v) is 6.47. The second-order valence-corrected chi connectivity index (χ2v) is 8.38. The van der Waals surface area contributed by atoms with Gasteiger partial charge in [-0.1, -0.05) is 48.5 Å². The zero-order chi connectivity index (χ0) is 22.1. The number of nitrogens with zero attached hydrogens (tertiary/aromatic N) is 1. The molecule has 0 unspecified atom stereocenters. The monoisotopic (exact) mass is 432 g/mol. The Balaban J connectivity index is 1.45. The van der Waals surface area contributed by atoms with Crippen molar-refractivity contribution in [3.05, 3.63) is 89.7 Å². The van der Waals surface area contributed by atoms with Gasteiger partial charge in [0.05, 0.1) is 18.7 Å². The van der Waals surface area contributed by atoms with Gasteiger partial charge in [-0.3, -0.25) is 0 Å². The summed E-state index contributed by atoms with van der Waals surface area (Å²) in [6.45, 7) is 0.759. The largest absolute Gasteiger partial charge is 0.445 e. The maximum atomic E-state index is 13.8. The van der Waals surface area contributed by atoms with Crippen molar-refractivity contribution in [1.82, 2.24) is 4.90 Å². The van der Waals surface area contributed by atoms with Gasteiger partial charge in [0.15, 0.2) is 0 Å². The first-order valence-electron chi connectivity index (χ1n) is 10.9. The van der Waals surface area contributed by atoms with Gasteiger partial charge in [-0.15, -0.1) is 0 Å². The first kappa shape index (κ1) is 20.5. The number of fused-ring (bicyclic) bond motifs is 3. The van der Waals surface area contributed by atoms with E-state index < -0.39 is 0 Å². The first-order chi connectivity index (χ1) is 15.6. The third kappa shape index (κ3) is 3.82. The smallest absolute Gasteiger partial charge is 0.410 e. The zero-order valence-corrected chi connectivity index (χ0v) is 17.6. The highest BCUT2D eigenvalue weighted by Crippen LogP contribution is 2.47. The molecule has 0 aromatic heterocycles. The molecule has 5 nitrogen and oxygen atoms in total. The lowest BCUT2D eigenvalue weighted by Crippen LogP contribution is -2.43. The van der Waals surface area contributed by atoms with E-state index in [1.165, 1.54) is 12.1 Å². The zero-order valence-electron chi connectivity index (χ0n) is 17.6. The van der Waals surface area contributed by atoms with Gasteiger partial charge in [0.1, 0.15) is 12.4 Å². The molecule has 6 heteroatoms. The number of benzene rings is 3. The van der Waals surface area contributed by atoms with E-state index in [4.69, 9.17) is 4.74 Å². The Kier molecular flexibility index (Phi) is 5.53. The predicted molar refractivity (Wildman–Crippen MR) is 121 cm³/mol. The standard InChI is InChI=1S/C26H25FN2O3/c27-20-8-4-7-18(13-20)19-9-10-23-22(14-19)25-21(24(15-30)28-23)11-12-29(25)26(31)32-16-17-5-2-1-3-6-17/h1-10,13-14,21,24-25,28,30H,11-12,15-16H2/t21-,24+,25-/m1/s1. The maximum Gasteiger partial charge on any atom is 0.410 e. The van der Waals surface area contributed by atoms with Crippen LogP contribution in [-0.2, 0) is 11.3 Å². The van der Waals surface area contributed by atoms with Crippen molar-refractivity contribution in [3.8, 4) is 11.1 Å². The summed E-state index contributed by atoms with van der Waals surface area (Å²) in [5.41, 5.74) is 4.45. The van der Waals surface area contributed by atoms with E-state index in [-0.39, 0.29) is 43.1 Å². The number of carbonyl (C=O) groups is 1.